The van der Waals surface area contributed by atoms with E-state index in [0.29, 0.717) is 6.04 Å². The van der Waals surface area contributed by atoms with E-state index in [0.717, 1.165) is 6.04 Å². The summed E-state index contributed by atoms with van der Waals surface area (Å²) in [6.07, 6.45) is 12.5. The van der Waals surface area contributed by atoms with E-state index in [-0.39, 0.29) is 5.41 Å². The van der Waals surface area contributed by atoms with Crippen LogP contribution in [0.5, 0.6) is 0 Å². The van der Waals surface area contributed by atoms with Crippen LogP contribution in [0.2, 0.25) is 0 Å². The molecule has 1 aliphatic heterocycles. The Morgan fingerprint density at radius 3 is 1.90 bits per heavy atom. The molecule has 1 atom stereocenters. The zero-order valence-electron chi connectivity index (χ0n) is 18.5. The molecular formula is C28H38N2. The van der Waals surface area contributed by atoms with E-state index < -0.39 is 0 Å². The van der Waals surface area contributed by atoms with Crippen LogP contribution in [-0.2, 0) is 5.41 Å². The maximum absolute atomic E-state index is 2.85. The van der Waals surface area contributed by atoms with Crippen molar-refractivity contribution in [3.63, 3.8) is 0 Å². The Morgan fingerprint density at radius 2 is 1.27 bits per heavy atom. The normalized spacial score (nSPS) is 24.7. The largest absolute Gasteiger partial charge is 0.298 e. The number of benzene rings is 2. The summed E-state index contributed by atoms with van der Waals surface area (Å²) < 4.78 is 0. The molecule has 1 unspecified atom stereocenters. The van der Waals surface area contributed by atoms with Crippen LogP contribution < -0.4 is 0 Å². The van der Waals surface area contributed by atoms with Crippen molar-refractivity contribution in [2.45, 2.75) is 75.3 Å². The Balaban J connectivity index is 1.43. The predicted molar refractivity (Wildman–Crippen MR) is 126 cm³/mol. The molecule has 0 radical (unpaired) electrons. The number of hydrogen-bond acceptors (Lipinski definition) is 2. The van der Waals surface area contributed by atoms with E-state index in [1.807, 2.05) is 0 Å². The van der Waals surface area contributed by atoms with Gasteiger partial charge in [0.25, 0.3) is 0 Å². The second-order valence-electron chi connectivity index (χ2n) is 9.91. The summed E-state index contributed by atoms with van der Waals surface area (Å²) in [5, 5.41) is 0. The van der Waals surface area contributed by atoms with Crippen molar-refractivity contribution in [2.75, 3.05) is 26.2 Å². The summed E-state index contributed by atoms with van der Waals surface area (Å²) in [7, 11) is 0. The van der Waals surface area contributed by atoms with Gasteiger partial charge in [0, 0.05) is 43.7 Å². The van der Waals surface area contributed by atoms with Crippen LogP contribution in [0.1, 0.15) is 75.0 Å². The molecular weight excluding hydrogens is 364 g/mol. The average molecular weight is 403 g/mol. The fourth-order valence-electron chi connectivity index (χ4n) is 6.82. The Hall–Kier alpha value is -1.64. The minimum absolute atomic E-state index is 0.260. The smallest absolute Gasteiger partial charge is 0.0445 e. The molecule has 0 amide bonds. The molecule has 2 nitrogen and oxygen atoms in total. The minimum atomic E-state index is 0.260. The number of hydrogen-bond donors (Lipinski definition) is 0. The van der Waals surface area contributed by atoms with Crippen LogP contribution >= 0.6 is 0 Å². The fraction of sp³-hybridized carbons (Fsp3) is 0.571. The summed E-state index contributed by atoms with van der Waals surface area (Å²) in [4.78, 5) is 5.68. The first-order chi connectivity index (χ1) is 14.9. The third kappa shape index (κ3) is 3.97. The number of rotatable bonds is 5. The van der Waals surface area contributed by atoms with Gasteiger partial charge in [-0.15, -0.1) is 0 Å². The maximum atomic E-state index is 2.85. The van der Waals surface area contributed by atoms with Crippen molar-refractivity contribution in [3.05, 3.63) is 71.8 Å². The molecule has 2 aromatic rings. The maximum Gasteiger partial charge on any atom is 0.0445 e. The highest BCUT2D eigenvalue weighted by atomic mass is 15.3. The van der Waals surface area contributed by atoms with Gasteiger partial charge in [0.2, 0.25) is 0 Å². The van der Waals surface area contributed by atoms with Gasteiger partial charge < -0.3 is 0 Å². The topological polar surface area (TPSA) is 6.48 Å². The lowest BCUT2D eigenvalue weighted by atomic mass is 9.69. The van der Waals surface area contributed by atoms with Gasteiger partial charge in [-0.2, -0.15) is 0 Å². The standard InChI is InChI=1S/C28H38N2/c1-4-12-24(13-5-1)27(28(18-10-11-19-28)25-14-6-2-7-15-25)30-22-20-29(21-23-30)26-16-8-3-9-17-26/h1-2,4-7,12-15,26-27H,3,8-11,16-23H2. The van der Waals surface area contributed by atoms with E-state index in [9.17, 15) is 0 Å². The molecule has 2 heteroatoms. The van der Waals surface area contributed by atoms with Crippen LogP contribution in [0.25, 0.3) is 0 Å². The third-order valence-electron chi connectivity index (χ3n) is 8.29. The van der Waals surface area contributed by atoms with E-state index in [4.69, 9.17) is 0 Å². The molecule has 0 spiro atoms. The van der Waals surface area contributed by atoms with Crippen molar-refractivity contribution < 1.29 is 0 Å². The Kier molecular flexibility index (Phi) is 6.24. The first kappa shape index (κ1) is 20.3. The van der Waals surface area contributed by atoms with E-state index in [1.165, 1.54) is 89.5 Å². The van der Waals surface area contributed by atoms with Crippen LogP contribution in [0.4, 0.5) is 0 Å². The highest BCUT2D eigenvalue weighted by Gasteiger charge is 2.46. The van der Waals surface area contributed by atoms with Gasteiger partial charge in [0.15, 0.2) is 0 Å². The van der Waals surface area contributed by atoms with E-state index in [2.05, 4.69) is 70.5 Å². The van der Waals surface area contributed by atoms with Crippen molar-refractivity contribution in [2.24, 2.45) is 0 Å². The summed E-state index contributed by atoms with van der Waals surface area (Å²) >= 11 is 0. The first-order valence-electron chi connectivity index (χ1n) is 12.5. The van der Waals surface area contributed by atoms with Gasteiger partial charge in [0.1, 0.15) is 0 Å². The summed E-state index contributed by atoms with van der Waals surface area (Å²) in [6, 6.07) is 24.3. The molecule has 1 saturated heterocycles. The highest BCUT2D eigenvalue weighted by Crippen LogP contribution is 2.52. The van der Waals surface area contributed by atoms with Crippen LogP contribution in [-0.4, -0.2) is 42.0 Å². The predicted octanol–water partition coefficient (Wildman–Crippen LogP) is 6.19. The lowest BCUT2D eigenvalue weighted by molar-refractivity contribution is 0.0299. The van der Waals surface area contributed by atoms with Gasteiger partial charge in [-0.3, -0.25) is 9.80 Å². The van der Waals surface area contributed by atoms with Gasteiger partial charge in [-0.25, -0.2) is 0 Å². The molecule has 3 aliphatic rings. The second kappa shape index (κ2) is 9.24. The van der Waals surface area contributed by atoms with Crippen molar-refractivity contribution in [1.29, 1.82) is 0 Å². The average Bonchev–Trinajstić information content (AvgIpc) is 3.32. The molecule has 0 bridgehead atoms. The Labute approximate surface area is 183 Å². The number of piperazine rings is 1. The zero-order valence-corrected chi connectivity index (χ0v) is 18.5. The van der Waals surface area contributed by atoms with E-state index >= 15 is 0 Å². The first-order valence-corrected chi connectivity index (χ1v) is 12.5. The molecule has 3 fully saturated rings. The van der Waals surface area contributed by atoms with Gasteiger partial charge in [0.05, 0.1) is 0 Å². The van der Waals surface area contributed by atoms with Gasteiger partial charge in [-0.05, 0) is 36.8 Å². The lowest BCUT2D eigenvalue weighted by Crippen LogP contribution is -2.54. The molecule has 30 heavy (non-hydrogen) atoms. The van der Waals surface area contributed by atoms with Crippen LogP contribution in [0, 0.1) is 0 Å². The Bertz CT molecular complexity index is 767. The summed E-state index contributed by atoms with van der Waals surface area (Å²) in [5.41, 5.74) is 3.34. The second-order valence-corrected chi connectivity index (χ2v) is 9.91. The molecule has 0 aromatic heterocycles. The summed E-state index contributed by atoms with van der Waals surface area (Å²) in [5.74, 6) is 0. The SMILES string of the molecule is c1ccc(C(N2CCN(C3CCCCC3)CC2)C2(c3ccccc3)CCCC2)cc1. The Morgan fingerprint density at radius 1 is 0.667 bits per heavy atom. The van der Waals surface area contributed by atoms with Crippen molar-refractivity contribution in [1.82, 2.24) is 9.80 Å². The zero-order chi connectivity index (χ0) is 20.2. The quantitative estimate of drug-likeness (QED) is 0.588. The van der Waals surface area contributed by atoms with Crippen molar-refractivity contribution >= 4 is 0 Å². The van der Waals surface area contributed by atoms with Gasteiger partial charge >= 0.3 is 0 Å². The number of nitrogens with zero attached hydrogens (tertiary/aromatic N) is 2. The van der Waals surface area contributed by atoms with Gasteiger partial charge in [-0.1, -0.05) is 92.8 Å². The molecule has 0 N–H and O–H groups in total. The third-order valence-corrected chi connectivity index (χ3v) is 8.29. The molecule has 5 rings (SSSR count). The molecule has 1 heterocycles. The van der Waals surface area contributed by atoms with E-state index in [1.54, 1.807) is 5.56 Å². The molecule has 2 saturated carbocycles. The highest BCUT2D eigenvalue weighted by molar-refractivity contribution is 5.35. The molecule has 2 aliphatic carbocycles. The summed E-state index contributed by atoms with van der Waals surface area (Å²) in [6.45, 7) is 4.92. The van der Waals surface area contributed by atoms with Crippen LogP contribution in [0.3, 0.4) is 0 Å². The lowest BCUT2D eigenvalue weighted by Gasteiger charge is -2.49. The van der Waals surface area contributed by atoms with Crippen molar-refractivity contribution in [3.8, 4) is 0 Å². The minimum Gasteiger partial charge on any atom is -0.298 e. The fourth-order valence-corrected chi connectivity index (χ4v) is 6.82. The molecule has 2 aromatic carbocycles. The molecule has 160 valence electrons. The monoisotopic (exact) mass is 402 g/mol. The van der Waals surface area contributed by atoms with Crippen LogP contribution in [0.15, 0.2) is 60.7 Å².